The van der Waals surface area contributed by atoms with Crippen LogP contribution in [0.15, 0.2) is 29.1 Å². The summed E-state index contributed by atoms with van der Waals surface area (Å²) in [6, 6.07) is 7.18. The highest BCUT2D eigenvalue weighted by atomic mass is 35.5. The zero-order valence-electron chi connectivity index (χ0n) is 10.3. The van der Waals surface area contributed by atoms with E-state index in [1.165, 1.54) is 4.57 Å². The number of aromatic nitrogens is 2. The normalized spacial score (nSPS) is 14.8. The molecule has 1 aromatic carbocycles. The van der Waals surface area contributed by atoms with Crippen LogP contribution in [0.3, 0.4) is 0 Å². The summed E-state index contributed by atoms with van der Waals surface area (Å²) in [6.07, 6.45) is 1.99. The molecule has 0 radical (unpaired) electrons. The Morgan fingerprint density at radius 3 is 2.63 bits per heavy atom. The van der Waals surface area contributed by atoms with Crippen molar-refractivity contribution in [3.05, 3.63) is 34.7 Å². The average molecular weight is 280 g/mol. The number of nitrogens with zero attached hydrogens (tertiary/aromatic N) is 2. The minimum absolute atomic E-state index is 0.236. The van der Waals surface area contributed by atoms with Gasteiger partial charge in [-0.15, -0.1) is 11.6 Å². The Balaban J connectivity index is 2.15. The summed E-state index contributed by atoms with van der Waals surface area (Å²) in [5.41, 5.74) is 1.19. The van der Waals surface area contributed by atoms with Gasteiger partial charge < -0.3 is 5.32 Å². The summed E-state index contributed by atoms with van der Waals surface area (Å²) in [6.45, 7) is 0.343. The third-order valence-corrected chi connectivity index (χ3v) is 3.45. The second-order valence-corrected chi connectivity index (χ2v) is 5.01. The number of halogens is 1. The van der Waals surface area contributed by atoms with Gasteiger partial charge in [-0.25, -0.2) is 14.2 Å². The number of rotatable bonds is 3. The van der Waals surface area contributed by atoms with Gasteiger partial charge in [-0.05, 0) is 25.0 Å². The molecule has 0 saturated heterocycles. The van der Waals surface area contributed by atoms with Crippen molar-refractivity contribution < 1.29 is 4.79 Å². The van der Waals surface area contributed by atoms with E-state index in [0.717, 1.165) is 18.4 Å². The summed E-state index contributed by atoms with van der Waals surface area (Å²) >= 11 is 5.55. The standard InChI is InChI=1S/C13H14ClN3O2/c14-7-8-15-12(18)17-11-4-2-1-3-10(11)16(13(17)19)9-5-6-9/h1-4,9H,5-8H2,(H,15,18). The van der Waals surface area contributed by atoms with Gasteiger partial charge in [0, 0.05) is 18.5 Å². The van der Waals surface area contributed by atoms with Crippen molar-refractivity contribution in [2.45, 2.75) is 18.9 Å². The van der Waals surface area contributed by atoms with Crippen molar-refractivity contribution in [1.82, 2.24) is 14.5 Å². The molecule has 1 aromatic heterocycles. The first-order valence-electron chi connectivity index (χ1n) is 6.30. The molecular formula is C13H14ClN3O2. The molecule has 1 amide bonds. The van der Waals surface area contributed by atoms with E-state index >= 15 is 0 Å². The molecule has 2 aromatic rings. The molecule has 3 rings (SSSR count). The Morgan fingerprint density at radius 2 is 2.00 bits per heavy atom. The predicted octanol–water partition coefficient (Wildman–Crippen LogP) is 1.93. The van der Waals surface area contributed by atoms with E-state index in [4.69, 9.17) is 11.6 Å². The van der Waals surface area contributed by atoms with E-state index in [1.807, 2.05) is 18.2 Å². The Kier molecular flexibility index (Phi) is 3.06. The molecule has 0 bridgehead atoms. The van der Waals surface area contributed by atoms with Crippen LogP contribution in [0.1, 0.15) is 18.9 Å². The molecule has 6 heteroatoms. The number of benzene rings is 1. The summed E-state index contributed by atoms with van der Waals surface area (Å²) in [5, 5.41) is 2.63. The van der Waals surface area contributed by atoms with Gasteiger partial charge in [-0.1, -0.05) is 12.1 Å². The number of imidazole rings is 1. The monoisotopic (exact) mass is 279 g/mol. The molecule has 0 atom stereocenters. The van der Waals surface area contributed by atoms with Crippen LogP contribution in [0.2, 0.25) is 0 Å². The van der Waals surface area contributed by atoms with Crippen molar-refractivity contribution in [2.24, 2.45) is 0 Å². The first kappa shape index (κ1) is 12.3. The minimum atomic E-state index is -0.416. The fourth-order valence-electron chi connectivity index (χ4n) is 2.29. The van der Waals surface area contributed by atoms with Gasteiger partial charge in [0.05, 0.1) is 11.0 Å². The van der Waals surface area contributed by atoms with Crippen LogP contribution in [0.5, 0.6) is 0 Å². The van der Waals surface area contributed by atoms with Crippen molar-refractivity contribution in [2.75, 3.05) is 12.4 Å². The third kappa shape index (κ3) is 2.04. The van der Waals surface area contributed by atoms with Gasteiger partial charge in [0.25, 0.3) is 0 Å². The first-order chi connectivity index (χ1) is 9.24. The molecule has 0 aliphatic heterocycles. The fraction of sp³-hybridized carbons (Fsp3) is 0.385. The lowest BCUT2D eigenvalue weighted by Crippen LogP contribution is -2.37. The third-order valence-electron chi connectivity index (χ3n) is 3.27. The summed E-state index contributed by atoms with van der Waals surface area (Å²) in [5.74, 6) is 0.321. The van der Waals surface area contributed by atoms with Crippen LogP contribution in [0.4, 0.5) is 4.79 Å². The van der Waals surface area contributed by atoms with E-state index in [1.54, 1.807) is 10.6 Å². The molecule has 1 fully saturated rings. The Morgan fingerprint density at radius 1 is 1.32 bits per heavy atom. The Hall–Kier alpha value is -1.75. The molecule has 100 valence electrons. The van der Waals surface area contributed by atoms with Crippen LogP contribution >= 0.6 is 11.6 Å². The van der Waals surface area contributed by atoms with E-state index in [-0.39, 0.29) is 11.7 Å². The van der Waals surface area contributed by atoms with Crippen LogP contribution < -0.4 is 11.0 Å². The van der Waals surface area contributed by atoms with Crippen molar-refractivity contribution in [1.29, 1.82) is 0 Å². The summed E-state index contributed by atoms with van der Waals surface area (Å²) < 4.78 is 2.91. The zero-order valence-corrected chi connectivity index (χ0v) is 11.1. The Labute approximate surface area is 114 Å². The van der Waals surface area contributed by atoms with Crippen molar-refractivity contribution >= 4 is 28.7 Å². The highest BCUT2D eigenvalue weighted by Gasteiger charge is 2.29. The number of para-hydroxylation sites is 2. The number of carbonyl (C=O) groups is 1. The molecule has 1 saturated carbocycles. The lowest BCUT2D eigenvalue weighted by molar-refractivity contribution is 0.243. The molecule has 5 nitrogen and oxygen atoms in total. The van der Waals surface area contributed by atoms with Crippen LogP contribution in [-0.4, -0.2) is 27.6 Å². The lowest BCUT2D eigenvalue weighted by atomic mass is 10.3. The molecule has 0 unspecified atom stereocenters. The fourth-order valence-corrected chi connectivity index (χ4v) is 2.38. The predicted molar refractivity (Wildman–Crippen MR) is 74.0 cm³/mol. The highest BCUT2D eigenvalue weighted by molar-refractivity contribution is 6.18. The lowest BCUT2D eigenvalue weighted by Gasteiger charge is -2.03. The van der Waals surface area contributed by atoms with Crippen LogP contribution in [0, 0.1) is 0 Å². The molecule has 1 aliphatic rings. The average Bonchev–Trinajstić information content (AvgIpc) is 3.19. The van der Waals surface area contributed by atoms with Crippen LogP contribution in [0.25, 0.3) is 11.0 Å². The first-order valence-corrected chi connectivity index (χ1v) is 6.83. The molecule has 1 aliphatic carbocycles. The summed E-state index contributed by atoms with van der Waals surface area (Å²) in [7, 11) is 0. The van der Waals surface area contributed by atoms with E-state index in [2.05, 4.69) is 5.32 Å². The molecule has 0 spiro atoms. The molecule has 1 heterocycles. The summed E-state index contributed by atoms with van der Waals surface area (Å²) in [4.78, 5) is 24.5. The van der Waals surface area contributed by atoms with E-state index in [0.29, 0.717) is 17.9 Å². The molecular weight excluding hydrogens is 266 g/mol. The zero-order chi connectivity index (χ0) is 13.4. The van der Waals surface area contributed by atoms with E-state index in [9.17, 15) is 9.59 Å². The number of nitrogens with one attached hydrogen (secondary N) is 1. The van der Waals surface area contributed by atoms with Crippen molar-refractivity contribution in [3.63, 3.8) is 0 Å². The maximum Gasteiger partial charge on any atom is 0.337 e. The SMILES string of the molecule is O=C(NCCCl)n1c(=O)n(C2CC2)c2ccccc21. The van der Waals surface area contributed by atoms with Gasteiger partial charge in [-0.2, -0.15) is 0 Å². The quantitative estimate of drug-likeness (QED) is 0.873. The number of hydrogen-bond acceptors (Lipinski definition) is 2. The second-order valence-electron chi connectivity index (χ2n) is 4.63. The van der Waals surface area contributed by atoms with Crippen molar-refractivity contribution in [3.8, 4) is 0 Å². The second kappa shape index (κ2) is 4.74. The largest absolute Gasteiger partial charge is 0.337 e. The number of amides is 1. The number of carbonyl (C=O) groups excluding carboxylic acids is 1. The number of hydrogen-bond donors (Lipinski definition) is 1. The smallest absolute Gasteiger partial charge is 0.336 e. The highest BCUT2D eigenvalue weighted by Crippen LogP contribution is 2.35. The van der Waals surface area contributed by atoms with Gasteiger partial charge in [0.2, 0.25) is 0 Å². The topological polar surface area (TPSA) is 56.0 Å². The van der Waals surface area contributed by atoms with Gasteiger partial charge >= 0.3 is 11.7 Å². The number of fused-ring (bicyclic) bond motifs is 1. The van der Waals surface area contributed by atoms with Gasteiger partial charge in [0.15, 0.2) is 0 Å². The minimum Gasteiger partial charge on any atom is -0.336 e. The molecule has 1 N–H and O–H groups in total. The Bertz CT molecular complexity index is 685. The maximum absolute atomic E-state index is 12.4. The number of alkyl halides is 1. The molecule has 19 heavy (non-hydrogen) atoms. The maximum atomic E-state index is 12.4. The van der Waals surface area contributed by atoms with Gasteiger partial charge in [0.1, 0.15) is 0 Å². The van der Waals surface area contributed by atoms with E-state index < -0.39 is 6.03 Å². The van der Waals surface area contributed by atoms with Crippen LogP contribution in [-0.2, 0) is 0 Å². The van der Waals surface area contributed by atoms with Gasteiger partial charge in [-0.3, -0.25) is 4.57 Å².